The molecule has 3 aliphatic heterocycles. The molecule has 7 atom stereocenters. The number of carbonyl (C=O) groups excluding carboxylic acids is 3. The number of likely N-dealkylation sites (tertiary alicyclic amines) is 1. The average Bonchev–Trinajstić information content (AvgIpc) is 3.45. The normalized spacial score (nSPS) is 30.9. The van der Waals surface area contributed by atoms with Gasteiger partial charge in [0.2, 0.25) is 17.7 Å². The molecule has 1 spiro atoms. The summed E-state index contributed by atoms with van der Waals surface area (Å²) >= 11 is 5.39. The number of rotatable bonds is 11. The van der Waals surface area contributed by atoms with Gasteiger partial charge in [-0.2, -0.15) is 0 Å². The molecule has 0 saturated carbocycles. The third-order valence-electron chi connectivity index (χ3n) is 7.85. The van der Waals surface area contributed by atoms with Gasteiger partial charge in [0.25, 0.3) is 0 Å². The first-order chi connectivity index (χ1) is 17.7. The van der Waals surface area contributed by atoms with Gasteiger partial charge in [-0.25, -0.2) is 0 Å². The van der Waals surface area contributed by atoms with Crippen LogP contribution in [0.25, 0.3) is 0 Å². The number of thioether (sulfide) groups is 1. The van der Waals surface area contributed by atoms with Crippen LogP contribution in [0.3, 0.4) is 0 Å². The first-order valence-corrected chi connectivity index (χ1v) is 15.1. The molecule has 3 heterocycles. The van der Waals surface area contributed by atoms with Gasteiger partial charge in [0.15, 0.2) is 0 Å². The molecular weight excluding hydrogens is 558 g/mol. The smallest absolute Gasteiger partial charge is 0.244 e. The minimum absolute atomic E-state index is 0.00449. The molecule has 0 aromatic heterocycles. The number of anilines is 1. The molecule has 10 heteroatoms. The molecule has 3 unspecified atom stereocenters. The number of nitrogens with one attached hydrogen (secondary N) is 2. The van der Waals surface area contributed by atoms with E-state index >= 15 is 0 Å². The lowest BCUT2D eigenvalue weighted by Gasteiger charge is -2.38. The molecule has 3 fully saturated rings. The van der Waals surface area contributed by atoms with Gasteiger partial charge in [-0.1, -0.05) is 43.1 Å². The van der Waals surface area contributed by atoms with Crippen LogP contribution < -0.4 is 15.4 Å². The van der Waals surface area contributed by atoms with Crippen LogP contribution in [-0.4, -0.2) is 74.4 Å². The van der Waals surface area contributed by atoms with Crippen LogP contribution in [0.15, 0.2) is 24.3 Å². The lowest BCUT2D eigenvalue weighted by molar-refractivity contribution is -0.143. The van der Waals surface area contributed by atoms with Crippen molar-refractivity contribution in [3.05, 3.63) is 24.3 Å². The lowest BCUT2D eigenvalue weighted by Crippen LogP contribution is -2.58. The van der Waals surface area contributed by atoms with Crippen molar-refractivity contribution < 1.29 is 24.2 Å². The van der Waals surface area contributed by atoms with E-state index in [4.69, 9.17) is 4.74 Å². The number of unbranched alkanes of at least 4 members (excludes halogenated alkanes) is 1. The minimum Gasteiger partial charge on any atom is -0.494 e. The van der Waals surface area contributed by atoms with Crippen LogP contribution >= 0.6 is 27.7 Å². The summed E-state index contributed by atoms with van der Waals surface area (Å²) < 4.78 is 4.77. The highest BCUT2D eigenvalue weighted by molar-refractivity contribution is 9.09. The standard InChI is InChI=1S/C27H38BrN3O5S/c1-5-7-12-29-25(34)23-27-13-18(28)22(37-27)20(21(27)26(35)31(23)19(14-32)15(3)4)24(33)30-16-8-10-17(11-9-16)36-6-2/h8-11,15,18-23,32H,5-7,12-14H2,1-4H3,(H,29,34)(H,30,33)/t18?,19-,20+,21-,22+,23?,27?/m0/s1. The van der Waals surface area contributed by atoms with E-state index < -0.39 is 28.7 Å². The summed E-state index contributed by atoms with van der Waals surface area (Å²) in [5.74, 6) is -1.17. The molecule has 3 saturated heterocycles. The number of hydrogen-bond donors (Lipinski definition) is 3. The van der Waals surface area contributed by atoms with Gasteiger partial charge in [-0.05, 0) is 49.9 Å². The Morgan fingerprint density at radius 1 is 1.24 bits per heavy atom. The van der Waals surface area contributed by atoms with Crippen LogP contribution in [0.2, 0.25) is 0 Å². The number of benzene rings is 1. The van der Waals surface area contributed by atoms with Crippen molar-refractivity contribution in [1.82, 2.24) is 10.2 Å². The zero-order valence-electron chi connectivity index (χ0n) is 21.9. The van der Waals surface area contributed by atoms with Gasteiger partial charge in [0, 0.05) is 22.3 Å². The van der Waals surface area contributed by atoms with E-state index in [0.717, 1.165) is 18.6 Å². The number of halogens is 1. The Bertz CT molecular complexity index is 1010. The van der Waals surface area contributed by atoms with Crippen LogP contribution in [0.5, 0.6) is 5.75 Å². The maximum absolute atomic E-state index is 14.1. The SMILES string of the molecule is CCCCNC(=O)C1N([C@@H](CO)C(C)C)C(=O)[C@@H]2[C@@H](C(=O)Nc3ccc(OCC)cc3)[C@@H]3SC12CC3Br. The molecule has 2 bridgehead atoms. The van der Waals surface area contributed by atoms with E-state index in [1.165, 1.54) is 0 Å². The highest BCUT2D eigenvalue weighted by atomic mass is 79.9. The van der Waals surface area contributed by atoms with Crippen molar-refractivity contribution in [2.75, 3.05) is 25.1 Å². The number of hydrogen-bond acceptors (Lipinski definition) is 6. The largest absolute Gasteiger partial charge is 0.494 e. The third-order valence-corrected chi connectivity index (χ3v) is 11.1. The van der Waals surface area contributed by atoms with Gasteiger partial charge in [-0.15, -0.1) is 11.8 Å². The number of amides is 3. The van der Waals surface area contributed by atoms with E-state index in [1.54, 1.807) is 40.9 Å². The van der Waals surface area contributed by atoms with Crippen molar-refractivity contribution in [1.29, 1.82) is 0 Å². The molecule has 1 aromatic carbocycles. The van der Waals surface area contributed by atoms with Crippen LogP contribution in [0.1, 0.15) is 47.0 Å². The molecule has 1 aromatic rings. The summed E-state index contributed by atoms with van der Waals surface area (Å²) in [4.78, 5) is 43.1. The average molecular weight is 597 g/mol. The maximum Gasteiger partial charge on any atom is 0.244 e. The summed E-state index contributed by atoms with van der Waals surface area (Å²) in [5.41, 5.74) is 0.632. The van der Waals surface area contributed by atoms with Crippen LogP contribution in [0.4, 0.5) is 5.69 Å². The summed E-state index contributed by atoms with van der Waals surface area (Å²) in [6.45, 7) is 8.71. The van der Waals surface area contributed by atoms with Crippen molar-refractivity contribution in [3.63, 3.8) is 0 Å². The van der Waals surface area contributed by atoms with E-state index in [1.807, 2.05) is 20.8 Å². The summed E-state index contributed by atoms with van der Waals surface area (Å²) in [6.07, 6.45) is 2.41. The number of nitrogens with zero attached hydrogens (tertiary/aromatic N) is 1. The minimum atomic E-state index is -0.736. The van der Waals surface area contributed by atoms with Crippen LogP contribution in [0, 0.1) is 17.8 Å². The van der Waals surface area contributed by atoms with E-state index in [-0.39, 0.29) is 40.3 Å². The Morgan fingerprint density at radius 2 is 1.95 bits per heavy atom. The predicted octanol–water partition coefficient (Wildman–Crippen LogP) is 3.42. The van der Waals surface area contributed by atoms with Crippen molar-refractivity contribution in [2.45, 2.75) is 73.9 Å². The molecule has 4 rings (SSSR count). The van der Waals surface area contributed by atoms with E-state index in [9.17, 15) is 19.5 Å². The number of fused-ring (bicyclic) bond motifs is 1. The number of aliphatic hydroxyl groups is 1. The van der Waals surface area contributed by atoms with Crippen molar-refractivity contribution in [2.24, 2.45) is 17.8 Å². The summed E-state index contributed by atoms with van der Waals surface area (Å²) in [5, 5.41) is 16.2. The van der Waals surface area contributed by atoms with E-state index in [2.05, 4.69) is 33.5 Å². The van der Waals surface area contributed by atoms with Crippen LogP contribution in [-0.2, 0) is 14.4 Å². The van der Waals surface area contributed by atoms with Gasteiger partial charge in [0.05, 0.1) is 35.8 Å². The molecule has 3 amide bonds. The van der Waals surface area contributed by atoms with Crippen molar-refractivity contribution >= 4 is 51.1 Å². The second-order valence-corrected chi connectivity index (χ2v) is 13.2. The van der Waals surface area contributed by atoms with Gasteiger partial charge >= 0.3 is 0 Å². The summed E-state index contributed by atoms with van der Waals surface area (Å²) in [6, 6.07) is 5.95. The zero-order valence-corrected chi connectivity index (χ0v) is 24.3. The molecular formula is C27H38BrN3O5S. The first-order valence-electron chi connectivity index (χ1n) is 13.3. The Labute approximate surface area is 231 Å². The Balaban J connectivity index is 1.67. The molecule has 0 radical (unpaired) electrons. The number of ether oxygens (including phenoxy) is 1. The lowest BCUT2D eigenvalue weighted by atomic mass is 9.70. The Hall–Kier alpha value is -1.78. The second-order valence-electron chi connectivity index (χ2n) is 10.5. The third kappa shape index (κ3) is 5.01. The number of aliphatic hydroxyl groups excluding tert-OH is 1. The molecule has 3 N–H and O–H groups in total. The molecule has 3 aliphatic rings. The molecule has 8 nitrogen and oxygen atoms in total. The second kappa shape index (κ2) is 11.5. The van der Waals surface area contributed by atoms with Crippen molar-refractivity contribution in [3.8, 4) is 5.75 Å². The quantitative estimate of drug-likeness (QED) is 0.267. The predicted molar refractivity (Wildman–Crippen MR) is 149 cm³/mol. The highest BCUT2D eigenvalue weighted by Gasteiger charge is 2.76. The monoisotopic (exact) mass is 595 g/mol. The van der Waals surface area contributed by atoms with Gasteiger partial charge < -0.3 is 25.4 Å². The van der Waals surface area contributed by atoms with E-state index in [0.29, 0.717) is 25.3 Å². The molecule has 0 aliphatic carbocycles. The molecule has 204 valence electrons. The summed E-state index contributed by atoms with van der Waals surface area (Å²) in [7, 11) is 0. The first kappa shape index (κ1) is 28.2. The fourth-order valence-corrected chi connectivity index (χ4v) is 9.76. The fourth-order valence-electron chi connectivity index (χ4n) is 6.16. The Morgan fingerprint density at radius 3 is 2.54 bits per heavy atom. The Kier molecular flexibility index (Phi) is 8.80. The number of carbonyl (C=O) groups is 3. The fraction of sp³-hybridized carbons (Fsp3) is 0.667. The maximum atomic E-state index is 14.1. The molecule has 37 heavy (non-hydrogen) atoms. The zero-order chi connectivity index (χ0) is 26.9. The highest BCUT2D eigenvalue weighted by Crippen LogP contribution is 2.68. The van der Waals surface area contributed by atoms with Gasteiger partial charge in [-0.3, -0.25) is 14.4 Å². The number of alkyl halides is 1. The topological polar surface area (TPSA) is 108 Å². The van der Waals surface area contributed by atoms with Gasteiger partial charge in [0.1, 0.15) is 11.8 Å².